The van der Waals surface area contributed by atoms with Crippen LogP contribution in [0.2, 0.25) is 0 Å². The fraction of sp³-hybridized carbons (Fsp3) is 0.417. The predicted octanol–water partition coefficient (Wildman–Crippen LogP) is 4.44. The van der Waals surface area contributed by atoms with E-state index in [2.05, 4.69) is 44.4 Å². The molecule has 2 aromatic rings. The molecule has 0 saturated carbocycles. The van der Waals surface area contributed by atoms with Crippen LogP contribution in [0.25, 0.3) is 0 Å². The Kier molecular flexibility index (Phi) is 6.88. The highest BCUT2D eigenvalue weighted by Crippen LogP contribution is 2.33. The van der Waals surface area contributed by atoms with E-state index in [0.29, 0.717) is 23.9 Å². The highest BCUT2D eigenvalue weighted by molar-refractivity contribution is 5.56. The standard InChI is InChI=1S/C24H29F3N6/c1-31(2)22-16-21(28-20-10-8-19(9-11-20)24(25,26)27)29-23(30-22)33-14-12-32(13-15-33)17-18-6-4-3-5-7-18/h3-8,10,16H,9,11-15,17H2,1-2H3,(H,28,29,30). The van der Waals surface area contributed by atoms with E-state index >= 15 is 0 Å². The molecule has 0 bridgehead atoms. The molecule has 1 fully saturated rings. The van der Waals surface area contributed by atoms with Gasteiger partial charge in [-0.25, -0.2) is 0 Å². The lowest BCUT2D eigenvalue weighted by Crippen LogP contribution is -2.46. The molecular formula is C24H29F3N6. The van der Waals surface area contributed by atoms with Gasteiger partial charge in [-0.3, -0.25) is 4.90 Å². The van der Waals surface area contributed by atoms with Gasteiger partial charge in [0.15, 0.2) is 0 Å². The molecule has 1 aromatic carbocycles. The van der Waals surface area contributed by atoms with Crippen molar-refractivity contribution in [2.75, 3.05) is 55.4 Å². The molecule has 1 N–H and O–H groups in total. The summed E-state index contributed by atoms with van der Waals surface area (Å²) in [4.78, 5) is 15.9. The van der Waals surface area contributed by atoms with Gasteiger partial charge in [0.2, 0.25) is 5.95 Å². The number of halogens is 3. The van der Waals surface area contributed by atoms with E-state index in [4.69, 9.17) is 4.98 Å². The van der Waals surface area contributed by atoms with Crippen molar-refractivity contribution >= 4 is 17.6 Å². The maximum Gasteiger partial charge on any atom is 0.412 e. The Hall–Kier alpha value is -3.07. The van der Waals surface area contributed by atoms with Crippen LogP contribution in [0.4, 0.5) is 30.8 Å². The molecule has 1 aromatic heterocycles. The second-order valence-electron chi connectivity index (χ2n) is 8.56. The van der Waals surface area contributed by atoms with Gasteiger partial charge in [0.1, 0.15) is 11.6 Å². The van der Waals surface area contributed by atoms with Gasteiger partial charge in [0.25, 0.3) is 0 Å². The van der Waals surface area contributed by atoms with E-state index in [1.807, 2.05) is 31.1 Å². The van der Waals surface area contributed by atoms with Crippen molar-refractivity contribution in [3.05, 3.63) is 65.4 Å². The van der Waals surface area contributed by atoms with Crippen LogP contribution in [-0.4, -0.2) is 61.3 Å². The van der Waals surface area contributed by atoms with Crippen LogP contribution in [0.15, 0.2) is 59.8 Å². The molecule has 0 radical (unpaired) electrons. The third kappa shape index (κ3) is 6.04. The minimum Gasteiger partial charge on any atom is -0.363 e. The lowest BCUT2D eigenvalue weighted by atomic mass is 10.0. The fourth-order valence-electron chi connectivity index (χ4n) is 3.95. The number of nitrogens with zero attached hydrogens (tertiary/aromatic N) is 5. The van der Waals surface area contributed by atoms with Gasteiger partial charge in [-0.05, 0) is 24.5 Å². The average molecular weight is 459 g/mol. The van der Waals surface area contributed by atoms with E-state index in [1.54, 1.807) is 0 Å². The first-order chi connectivity index (χ1) is 15.8. The second kappa shape index (κ2) is 9.82. The van der Waals surface area contributed by atoms with Crippen molar-refractivity contribution in [2.24, 2.45) is 0 Å². The molecule has 33 heavy (non-hydrogen) atoms. The van der Waals surface area contributed by atoms with Gasteiger partial charge in [-0.15, -0.1) is 0 Å². The van der Waals surface area contributed by atoms with E-state index < -0.39 is 11.7 Å². The van der Waals surface area contributed by atoms with Crippen LogP contribution in [0, 0.1) is 0 Å². The van der Waals surface area contributed by atoms with Crippen molar-refractivity contribution in [3.8, 4) is 0 Å². The molecule has 2 heterocycles. The minimum absolute atomic E-state index is 0.0375. The van der Waals surface area contributed by atoms with Crippen LogP contribution in [0.3, 0.4) is 0 Å². The van der Waals surface area contributed by atoms with Gasteiger partial charge >= 0.3 is 6.18 Å². The number of alkyl halides is 3. The molecule has 6 nitrogen and oxygen atoms in total. The van der Waals surface area contributed by atoms with Crippen molar-refractivity contribution in [2.45, 2.75) is 25.6 Å². The molecule has 2 aliphatic rings. The summed E-state index contributed by atoms with van der Waals surface area (Å²) in [7, 11) is 3.82. The first-order valence-corrected chi connectivity index (χ1v) is 11.1. The van der Waals surface area contributed by atoms with Crippen LogP contribution in [0.1, 0.15) is 18.4 Å². The molecule has 1 aliphatic carbocycles. The van der Waals surface area contributed by atoms with Gasteiger partial charge in [-0.1, -0.05) is 36.4 Å². The van der Waals surface area contributed by atoms with Gasteiger partial charge < -0.3 is 15.1 Å². The zero-order chi connectivity index (χ0) is 23.4. The smallest absolute Gasteiger partial charge is 0.363 e. The Morgan fingerprint density at radius 2 is 1.70 bits per heavy atom. The highest BCUT2D eigenvalue weighted by Gasteiger charge is 2.33. The molecule has 1 saturated heterocycles. The Labute approximate surface area is 192 Å². The molecular weight excluding hydrogens is 429 g/mol. The zero-order valence-electron chi connectivity index (χ0n) is 18.9. The minimum atomic E-state index is -4.27. The van der Waals surface area contributed by atoms with Crippen molar-refractivity contribution in [1.82, 2.24) is 14.9 Å². The number of allylic oxidation sites excluding steroid dienone is 4. The fourth-order valence-corrected chi connectivity index (χ4v) is 3.95. The maximum absolute atomic E-state index is 12.9. The molecule has 0 unspecified atom stereocenters. The highest BCUT2D eigenvalue weighted by atomic mass is 19.4. The number of rotatable bonds is 6. The summed E-state index contributed by atoms with van der Waals surface area (Å²) in [6.07, 6.45) is -1.38. The first kappa shape index (κ1) is 23.1. The number of nitrogens with one attached hydrogen (secondary N) is 1. The van der Waals surface area contributed by atoms with Crippen molar-refractivity contribution in [1.29, 1.82) is 0 Å². The number of hydrogen-bond donors (Lipinski definition) is 1. The monoisotopic (exact) mass is 458 g/mol. The average Bonchev–Trinajstić information content (AvgIpc) is 2.80. The van der Waals surface area contributed by atoms with Crippen LogP contribution < -0.4 is 15.1 Å². The summed E-state index contributed by atoms with van der Waals surface area (Å²) in [6.45, 7) is 4.35. The third-order valence-corrected chi connectivity index (χ3v) is 5.87. The second-order valence-corrected chi connectivity index (χ2v) is 8.56. The predicted molar refractivity (Wildman–Crippen MR) is 125 cm³/mol. The van der Waals surface area contributed by atoms with E-state index in [1.165, 1.54) is 11.6 Å². The molecule has 0 atom stereocenters. The van der Waals surface area contributed by atoms with E-state index in [-0.39, 0.29) is 6.42 Å². The van der Waals surface area contributed by atoms with Crippen molar-refractivity contribution in [3.63, 3.8) is 0 Å². The number of aromatic nitrogens is 2. The summed E-state index contributed by atoms with van der Waals surface area (Å²) in [5, 5.41) is 3.20. The lowest BCUT2D eigenvalue weighted by molar-refractivity contribution is -0.0941. The lowest BCUT2D eigenvalue weighted by Gasteiger charge is -2.35. The zero-order valence-corrected chi connectivity index (χ0v) is 18.9. The molecule has 0 spiro atoms. The Balaban J connectivity index is 1.45. The first-order valence-electron chi connectivity index (χ1n) is 11.1. The summed E-state index contributed by atoms with van der Waals surface area (Å²) >= 11 is 0. The van der Waals surface area contributed by atoms with Crippen LogP contribution in [0.5, 0.6) is 0 Å². The van der Waals surface area contributed by atoms with Crippen LogP contribution >= 0.6 is 0 Å². The van der Waals surface area contributed by atoms with Crippen LogP contribution in [-0.2, 0) is 6.54 Å². The largest absolute Gasteiger partial charge is 0.412 e. The van der Waals surface area contributed by atoms with Crippen molar-refractivity contribution < 1.29 is 13.2 Å². The number of anilines is 3. The Morgan fingerprint density at radius 3 is 2.30 bits per heavy atom. The summed E-state index contributed by atoms with van der Waals surface area (Å²) in [5.41, 5.74) is 1.51. The van der Waals surface area contributed by atoms with Gasteiger partial charge in [0.05, 0.1) is 0 Å². The van der Waals surface area contributed by atoms with E-state index in [9.17, 15) is 13.2 Å². The number of hydrogen-bond acceptors (Lipinski definition) is 6. The topological polar surface area (TPSA) is 47.5 Å². The molecule has 176 valence electrons. The normalized spacial score (nSPS) is 17.4. The quantitative estimate of drug-likeness (QED) is 0.691. The van der Waals surface area contributed by atoms with Gasteiger partial charge in [0, 0.05) is 64.2 Å². The molecule has 0 amide bonds. The summed E-state index contributed by atoms with van der Waals surface area (Å²) in [6, 6.07) is 12.2. The molecule has 9 heteroatoms. The molecule has 1 aliphatic heterocycles. The maximum atomic E-state index is 12.9. The van der Waals surface area contributed by atoms with E-state index in [0.717, 1.165) is 44.6 Å². The third-order valence-electron chi connectivity index (χ3n) is 5.87. The number of piperazine rings is 1. The Morgan fingerprint density at radius 1 is 0.970 bits per heavy atom. The van der Waals surface area contributed by atoms with Gasteiger partial charge in [-0.2, -0.15) is 23.1 Å². The SMILES string of the molecule is CN(C)c1cc(NC2=CC=C(C(F)(F)F)CC2)nc(N2CCN(Cc3ccccc3)CC2)n1. The Bertz CT molecular complexity index is 1010. The summed E-state index contributed by atoms with van der Waals surface area (Å²) < 4.78 is 38.7. The summed E-state index contributed by atoms with van der Waals surface area (Å²) in [5.74, 6) is 1.97. The number of benzene rings is 1. The molecule has 4 rings (SSSR count).